The molecule has 2 aromatic carbocycles. The summed E-state index contributed by atoms with van der Waals surface area (Å²) in [6.45, 7) is 2.71. The number of nitriles is 1. The van der Waals surface area contributed by atoms with Crippen LogP contribution in [0.1, 0.15) is 29.7 Å². The summed E-state index contributed by atoms with van der Waals surface area (Å²) < 4.78 is 5.37. The standard InChI is InChI=1S/C17H17ClN2O/c1-12(15-5-3-4-6-17(15)21-2)20-11-14-8-7-13(10-19)9-16(14)18/h3-9,12,20H,11H2,1-2H3/t12-/m0/s1. The summed E-state index contributed by atoms with van der Waals surface area (Å²) in [5.41, 5.74) is 2.64. The number of rotatable bonds is 5. The third-order valence-corrected chi connectivity index (χ3v) is 3.74. The van der Waals surface area contributed by atoms with Crippen LogP contribution in [0.2, 0.25) is 5.02 Å². The zero-order valence-electron chi connectivity index (χ0n) is 12.1. The average Bonchev–Trinajstić information content (AvgIpc) is 2.53. The Bertz CT molecular complexity index is 664. The van der Waals surface area contributed by atoms with Crippen LogP contribution in [0.3, 0.4) is 0 Å². The van der Waals surface area contributed by atoms with E-state index < -0.39 is 0 Å². The summed E-state index contributed by atoms with van der Waals surface area (Å²) in [5, 5.41) is 12.9. The second-order valence-corrected chi connectivity index (χ2v) is 5.17. The molecule has 1 atom stereocenters. The normalized spacial score (nSPS) is 11.7. The van der Waals surface area contributed by atoms with E-state index in [1.54, 1.807) is 19.2 Å². The highest BCUT2D eigenvalue weighted by atomic mass is 35.5. The lowest BCUT2D eigenvalue weighted by molar-refractivity contribution is 0.401. The van der Waals surface area contributed by atoms with E-state index in [0.29, 0.717) is 17.1 Å². The molecule has 0 spiro atoms. The monoisotopic (exact) mass is 300 g/mol. The fourth-order valence-corrected chi connectivity index (χ4v) is 2.40. The first-order chi connectivity index (χ1) is 10.2. The number of nitrogens with one attached hydrogen (secondary N) is 1. The van der Waals surface area contributed by atoms with Crippen molar-refractivity contribution in [3.05, 3.63) is 64.2 Å². The van der Waals surface area contributed by atoms with Crippen molar-refractivity contribution < 1.29 is 4.74 Å². The van der Waals surface area contributed by atoms with Gasteiger partial charge in [0.1, 0.15) is 5.75 Å². The maximum Gasteiger partial charge on any atom is 0.123 e. The van der Waals surface area contributed by atoms with Crippen LogP contribution in [-0.4, -0.2) is 7.11 Å². The molecule has 0 fully saturated rings. The van der Waals surface area contributed by atoms with Crippen molar-refractivity contribution in [2.75, 3.05) is 7.11 Å². The molecule has 0 bridgehead atoms. The Balaban J connectivity index is 2.08. The molecule has 4 heteroatoms. The summed E-state index contributed by atoms with van der Waals surface area (Å²) >= 11 is 6.18. The number of para-hydroxylation sites is 1. The average molecular weight is 301 g/mol. The molecule has 0 radical (unpaired) electrons. The highest BCUT2D eigenvalue weighted by Gasteiger charge is 2.11. The summed E-state index contributed by atoms with van der Waals surface area (Å²) in [4.78, 5) is 0. The van der Waals surface area contributed by atoms with Crippen LogP contribution >= 0.6 is 11.6 Å². The molecular formula is C17H17ClN2O. The van der Waals surface area contributed by atoms with Crippen LogP contribution in [0.5, 0.6) is 5.75 Å². The second-order valence-electron chi connectivity index (χ2n) is 4.76. The van der Waals surface area contributed by atoms with Gasteiger partial charge in [0.05, 0.1) is 18.7 Å². The first kappa shape index (κ1) is 15.4. The zero-order chi connectivity index (χ0) is 15.2. The molecule has 0 saturated carbocycles. The zero-order valence-corrected chi connectivity index (χ0v) is 12.8. The van der Waals surface area contributed by atoms with Crippen molar-refractivity contribution in [3.8, 4) is 11.8 Å². The van der Waals surface area contributed by atoms with Gasteiger partial charge in [0.15, 0.2) is 0 Å². The minimum atomic E-state index is 0.132. The van der Waals surface area contributed by atoms with Gasteiger partial charge >= 0.3 is 0 Å². The number of ether oxygens (including phenoxy) is 1. The topological polar surface area (TPSA) is 45.0 Å². The number of nitrogens with zero attached hydrogens (tertiary/aromatic N) is 1. The predicted octanol–water partition coefficient (Wildman–Crippen LogP) is 4.07. The van der Waals surface area contributed by atoms with Gasteiger partial charge in [-0.15, -0.1) is 0 Å². The van der Waals surface area contributed by atoms with Crippen LogP contribution in [0.25, 0.3) is 0 Å². The van der Waals surface area contributed by atoms with E-state index in [9.17, 15) is 0 Å². The summed E-state index contributed by atoms with van der Waals surface area (Å²) in [6.07, 6.45) is 0. The fourth-order valence-electron chi connectivity index (χ4n) is 2.16. The van der Waals surface area contributed by atoms with E-state index in [2.05, 4.69) is 18.3 Å². The van der Waals surface area contributed by atoms with Gasteiger partial charge in [0.2, 0.25) is 0 Å². The highest BCUT2D eigenvalue weighted by molar-refractivity contribution is 6.31. The Morgan fingerprint density at radius 2 is 2.05 bits per heavy atom. The van der Waals surface area contributed by atoms with Crippen molar-refractivity contribution in [2.24, 2.45) is 0 Å². The first-order valence-electron chi connectivity index (χ1n) is 6.70. The quantitative estimate of drug-likeness (QED) is 0.905. The van der Waals surface area contributed by atoms with Gasteiger partial charge in [0.25, 0.3) is 0 Å². The third-order valence-electron chi connectivity index (χ3n) is 3.39. The minimum absolute atomic E-state index is 0.132. The molecule has 2 aromatic rings. The van der Waals surface area contributed by atoms with E-state index in [4.69, 9.17) is 21.6 Å². The number of benzene rings is 2. The number of methoxy groups -OCH3 is 1. The molecule has 0 aliphatic rings. The molecule has 108 valence electrons. The maximum atomic E-state index is 8.84. The molecule has 2 rings (SSSR count). The maximum absolute atomic E-state index is 8.84. The van der Waals surface area contributed by atoms with Gasteiger partial charge in [-0.2, -0.15) is 5.26 Å². The fraction of sp³-hybridized carbons (Fsp3) is 0.235. The van der Waals surface area contributed by atoms with E-state index >= 15 is 0 Å². The molecule has 0 aliphatic heterocycles. The SMILES string of the molecule is COc1ccccc1[C@H](C)NCc1ccc(C#N)cc1Cl. The van der Waals surface area contributed by atoms with Crippen molar-refractivity contribution in [1.29, 1.82) is 5.26 Å². The van der Waals surface area contributed by atoms with Crippen LogP contribution in [-0.2, 0) is 6.54 Å². The van der Waals surface area contributed by atoms with Gasteiger partial charge in [-0.05, 0) is 30.7 Å². The molecule has 0 saturated heterocycles. The Labute approximate surface area is 130 Å². The number of hydrogen-bond donors (Lipinski definition) is 1. The minimum Gasteiger partial charge on any atom is -0.496 e. The van der Waals surface area contributed by atoms with Gasteiger partial charge in [0, 0.05) is 23.2 Å². The van der Waals surface area contributed by atoms with E-state index in [1.807, 2.05) is 30.3 Å². The highest BCUT2D eigenvalue weighted by Crippen LogP contribution is 2.25. The predicted molar refractivity (Wildman–Crippen MR) is 84.4 cm³/mol. The second kappa shape index (κ2) is 7.12. The number of halogens is 1. The van der Waals surface area contributed by atoms with Gasteiger partial charge < -0.3 is 10.1 Å². The molecular weight excluding hydrogens is 284 g/mol. The molecule has 1 N–H and O–H groups in total. The lowest BCUT2D eigenvalue weighted by Crippen LogP contribution is -2.19. The molecule has 0 aliphatic carbocycles. The Morgan fingerprint density at radius 3 is 2.71 bits per heavy atom. The first-order valence-corrected chi connectivity index (χ1v) is 7.08. The van der Waals surface area contributed by atoms with Crippen LogP contribution < -0.4 is 10.1 Å². The largest absolute Gasteiger partial charge is 0.496 e. The molecule has 0 unspecified atom stereocenters. The third kappa shape index (κ3) is 3.75. The van der Waals surface area contributed by atoms with Gasteiger partial charge in [-0.25, -0.2) is 0 Å². The van der Waals surface area contributed by atoms with Crippen LogP contribution in [0.4, 0.5) is 0 Å². The van der Waals surface area contributed by atoms with Crippen molar-refractivity contribution in [1.82, 2.24) is 5.32 Å². The molecule has 0 amide bonds. The van der Waals surface area contributed by atoms with Crippen molar-refractivity contribution in [2.45, 2.75) is 19.5 Å². The van der Waals surface area contributed by atoms with Crippen LogP contribution in [0, 0.1) is 11.3 Å². The lowest BCUT2D eigenvalue weighted by atomic mass is 10.1. The Morgan fingerprint density at radius 1 is 1.29 bits per heavy atom. The molecule has 0 heterocycles. The molecule has 3 nitrogen and oxygen atoms in total. The smallest absolute Gasteiger partial charge is 0.123 e. The van der Waals surface area contributed by atoms with E-state index in [-0.39, 0.29) is 6.04 Å². The van der Waals surface area contributed by atoms with Gasteiger partial charge in [-0.1, -0.05) is 35.9 Å². The summed E-state index contributed by atoms with van der Waals surface area (Å²) in [7, 11) is 1.67. The Kier molecular flexibility index (Phi) is 5.21. The van der Waals surface area contributed by atoms with Crippen LogP contribution in [0.15, 0.2) is 42.5 Å². The lowest BCUT2D eigenvalue weighted by Gasteiger charge is -2.17. The van der Waals surface area contributed by atoms with E-state index in [1.165, 1.54) is 0 Å². The van der Waals surface area contributed by atoms with E-state index in [0.717, 1.165) is 16.9 Å². The van der Waals surface area contributed by atoms with Crippen molar-refractivity contribution in [3.63, 3.8) is 0 Å². The summed E-state index contributed by atoms with van der Waals surface area (Å²) in [6, 6.07) is 15.5. The Hall–Kier alpha value is -2.02. The number of hydrogen-bond acceptors (Lipinski definition) is 3. The van der Waals surface area contributed by atoms with Gasteiger partial charge in [-0.3, -0.25) is 0 Å². The summed E-state index contributed by atoms with van der Waals surface area (Å²) in [5.74, 6) is 0.864. The molecule has 21 heavy (non-hydrogen) atoms. The van der Waals surface area contributed by atoms with Crippen molar-refractivity contribution >= 4 is 11.6 Å². The molecule has 0 aromatic heterocycles.